The molecule has 0 aromatic carbocycles. The molecule has 1 atom stereocenters. The fourth-order valence-corrected chi connectivity index (χ4v) is 4.38. The van der Waals surface area contributed by atoms with E-state index in [1.54, 1.807) is 0 Å². The molecule has 0 saturated carbocycles. The minimum Gasteiger partial charge on any atom is -0.356 e. The quantitative estimate of drug-likeness (QED) is 0.845. The van der Waals surface area contributed by atoms with Gasteiger partial charge in [-0.25, -0.2) is 4.98 Å². The normalized spacial score (nSPS) is 23.2. The Morgan fingerprint density at radius 3 is 2.62 bits per heavy atom. The van der Waals surface area contributed by atoms with Crippen molar-refractivity contribution in [3.63, 3.8) is 0 Å². The average Bonchev–Trinajstić information content (AvgIpc) is 3.14. The minimum atomic E-state index is -0.0919. The molecular weight excluding hydrogens is 302 g/mol. The molecule has 4 heterocycles. The molecule has 0 N–H and O–H groups in total. The molecule has 1 amide bonds. The highest BCUT2D eigenvalue weighted by molar-refractivity contribution is 5.81. The van der Waals surface area contributed by atoms with Gasteiger partial charge in [-0.3, -0.25) is 9.48 Å². The number of hydrogen-bond donors (Lipinski definition) is 0. The molecule has 4 rings (SSSR count). The Balaban J connectivity index is 1.60. The summed E-state index contributed by atoms with van der Waals surface area (Å²) < 4.78 is 1.83. The van der Waals surface area contributed by atoms with E-state index in [9.17, 15) is 4.79 Å². The minimum absolute atomic E-state index is 0.0919. The van der Waals surface area contributed by atoms with Crippen molar-refractivity contribution in [1.82, 2.24) is 19.7 Å². The second-order valence-electron chi connectivity index (χ2n) is 6.94. The smallest absolute Gasteiger partial charge is 0.223 e. The predicted molar refractivity (Wildman–Crippen MR) is 91.8 cm³/mol. The number of hydrogen-bond acceptors (Lipinski definition) is 4. The van der Waals surface area contributed by atoms with Gasteiger partial charge in [0.2, 0.25) is 5.91 Å². The summed E-state index contributed by atoms with van der Waals surface area (Å²) in [7, 11) is 3.90. The molecule has 2 aliphatic heterocycles. The van der Waals surface area contributed by atoms with Crippen molar-refractivity contribution in [2.45, 2.75) is 30.7 Å². The zero-order valence-electron chi connectivity index (χ0n) is 14.2. The predicted octanol–water partition coefficient (Wildman–Crippen LogP) is 1.80. The van der Waals surface area contributed by atoms with Gasteiger partial charge in [0, 0.05) is 51.9 Å². The Bertz CT molecular complexity index is 733. The molecule has 2 aliphatic rings. The van der Waals surface area contributed by atoms with Crippen LogP contribution in [0.4, 0.5) is 5.82 Å². The molecule has 6 nitrogen and oxygen atoms in total. The topological polar surface area (TPSA) is 54.3 Å². The van der Waals surface area contributed by atoms with Gasteiger partial charge < -0.3 is 9.80 Å². The molecular formula is C18H23N5O. The van der Waals surface area contributed by atoms with Crippen LogP contribution in [0.1, 0.15) is 30.7 Å². The molecule has 0 radical (unpaired) electrons. The third kappa shape index (κ3) is 2.28. The number of amides is 1. The standard InChI is InChI=1S/C18H23N5O/c1-21-13-14(12-20-21)15-11-17(24)22(2)18(15)6-9-23(10-7-18)16-5-3-4-8-19-16/h3-5,8,12-13,15H,6-7,9-11H2,1-2H3/t15-/m1/s1. The molecule has 2 fully saturated rings. The number of aryl methyl sites for hydroxylation is 1. The van der Waals surface area contributed by atoms with Crippen LogP contribution >= 0.6 is 0 Å². The first kappa shape index (κ1) is 15.2. The first-order valence-electron chi connectivity index (χ1n) is 8.51. The zero-order chi connectivity index (χ0) is 16.7. The summed E-state index contributed by atoms with van der Waals surface area (Å²) in [4.78, 5) is 21.2. The van der Waals surface area contributed by atoms with Gasteiger partial charge in [-0.15, -0.1) is 0 Å². The van der Waals surface area contributed by atoms with E-state index in [-0.39, 0.29) is 17.4 Å². The molecule has 1 spiro atoms. The van der Waals surface area contributed by atoms with Crippen LogP contribution < -0.4 is 4.90 Å². The number of aromatic nitrogens is 3. The third-order valence-electron chi connectivity index (χ3n) is 5.80. The van der Waals surface area contributed by atoms with Gasteiger partial charge in [0.15, 0.2) is 0 Å². The van der Waals surface area contributed by atoms with E-state index in [4.69, 9.17) is 0 Å². The monoisotopic (exact) mass is 325 g/mol. The Morgan fingerprint density at radius 2 is 2.00 bits per heavy atom. The zero-order valence-corrected chi connectivity index (χ0v) is 14.2. The molecule has 0 aliphatic carbocycles. The Labute approximate surface area is 142 Å². The van der Waals surface area contributed by atoms with Crippen LogP contribution in [0.3, 0.4) is 0 Å². The summed E-state index contributed by atoms with van der Waals surface area (Å²) >= 11 is 0. The van der Waals surface area contributed by atoms with Crippen molar-refractivity contribution in [1.29, 1.82) is 0 Å². The number of likely N-dealkylation sites (N-methyl/N-ethyl adjacent to an activating group) is 1. The van der Waals surface area contributed by atoms with Crippen LogP contribution in [0, 0.1) is 0 Å². The van der Waals surface area contributed by atoms with Gasteiger partial charge in [-0.05, 0) is 30.5 Å². The molecule has 2 saturated heterocycles. The Hall–Kier alpha value is -2.37. The number of anilines is 1. The lowest BCUT2D eigenvalue weighted by Crippen LogP contribution is -2.54. The van der Waals surface area contributed by atoms with Crippen LogP contribution in [-0.4, -0.2) is 51.2 Å². The number of piperidine rings is 1. The van der Waals surface area contributed by atoms with E-state index in [2.05, 4.69) is 27.2 Å². The largest absolute Gasteiger partial charge is 0.356 e. The number of nitrogens with zero attached hydrogens (tertiary/aromatic N) is 5. The van der Waals surface area contributed by atoms with E-state index < -0.39 is 0 Å². The van der Waals surface area contributed by atoms with Crippen molar-refractivity contribution in [3.05, 3.63) is 42.4 Å². The summed E-state index contributed by atoms with van der Waals surface area (Å²) in [6.45, 7) is 1.84. The van der Waals surface area contributed by atoms with Crippen LogP contribution in [0.15, 0.2) is 36.8 Å². The number of carbonyl (C=O) groups is 1. The lowest BCUT2D eigenvalue weighted by Gasteiger charge is -2.46. The summed E-state index contributed by atoms with van der Waals surface area (Å²) in [6.07, 6.45) is 8.33. The number of likely N-dealkylation sites (tertiary alicyclic amines) is 1. The Morgan fingerprint density at radius 1 is 1.21 bits per heavy atom. The van der Waals surface area contributed by atoms with Crippen molar-refractivity contribution >= 4 is 11.7 Å². The van der Waals surface area contributed by atoms with Crippen molar-refractivity contribution < 1.29 is 4.79 Å². The summed E-state index contributed by atoms with van der Waals surface area (Å²) in [5, 5.41) is 4.32. The molecule has 24 heavy (non-hydrogen) atoms. The average molecular weight is 325 g/mol. The van der Waals surface area contributed by atoms with Crippen LogP contribution in [0.25, 0.3) is 0 Å². The second kappa shape index (κ2) is 5.61. The summed E-state index contributed by atoms with van der Waals surface area (Å²) in [5.74, 6) is 1.50. The third-order valence-corrected chi connectivity index (χ3v) is 5.80. The number of carbonyl (C=O) groups excluding carboxylic acids is 1. The molecule has 0 bridgehead atoms. The molecule has 6 heteroatoms. The fraction of sp³-hybridized carbons (Fsp3) is 0.500. The van der Waals surface area contributed by atoms with Crippen LogP contribution in [0.5, 0.6) is 0 Å². The van der Waals surface area contributed by atoms with Crippen molar-refractivity contribution in [3.8, 4) is 0 Å². The van der Waals surface area contributed by atoms with Gasteiger partial charge >= 0.3 is 0 Å². The SMILES string of the molecule is CN1C(=O)C[C@H](c2cnn(C)c2)C12CCN(c1ccccn1)CC2. The van der Waals surface area contributed by atoms with Gasteiger partial charge in [0.05, 0.1) is 11.7 Å². The highest BCUT2D eigenvalue weighted by Crippen LogP contribution is 2.48. The Kier molecular flexibility index (Phi) is 3.55. The van der Waals surface area contributed by atoms with Crippen LogP contribution in [0.2, 0.25) is 0 Å². The summed E-state index contributed by atoms with van der Waals surface area (Å²) in [5.41, 5.74) is 1.09. The van der Waals surface area contributed by atoms with Gasteiger partial charge in [0.1, 0.15) is 5.82 Å². The van der Waals surface area contributed by atoms with E-state index >= 15 is 0 Å². The van der Waals surface area contributed by atoms with E-state index in [1.165, 1.54) is 5.56 Å². The molecule has 2 aromatic rings. The number of pyridine rings is 1. The van der Waals surface area contributed by atoms with E-state index in [1.807, 2.05) is 48.2 Å². The maximum absolute atomic E-state index is 12.5. The summed E-state index contributed by atoms with van der Waals surface area (Å²) in [6, 6.07) is 6.02. The van der Waals surface area contributed by atoms with Gasteiger partial charge in [-0.2, -0.15) is 5.10 Å². The fourth-order valence-electron chi connectivity index (χ4n) is 4.38. The van der Waals surface area contributed by atoms with Crippen molar-refractivity contribution in [2.24, 2.45) is 7.05 Å². The molecule has 0 unspecified atom stereocenters. The van der Waals surface area contributed by atoms with Gasteiger partial charge in [0.25, 0.3) is 0 Å². The van der Waals surface area contributed by atoms with E-state index in [0.29, 0.717) is 6.42 Å². The lowest BCUT2D eigenvalue weighted by atomic mass is 9.74. The highest BCUT2D eigenvalue weighted by atomic mass is 16.2. The van der Waals surface area contributed by atoms with Crippen molar-refractivity contribution in [2.75, 3.05) is 25.0 Å². The lowest BCUT2D eigenvalue weighted by molar-refractivity contribution is -0.130. The van der Waals surface area contributed by atoms with Crippen LogP contribution in [-0.2, 0) is 11.8 Å². The van der Waals surface area contributed by atoms with Gasteiger partial charge in [-0.1, -0.05) is 6.07 Å². The first-order chi connectivity index (χ1) is 11.6. The molecule has 2 aromatic heterocycles. The molecule has 126 valence electrons. The second-order valence-corrected chi connectivity index (χ2v) is 6.94. The maximum atomic E-state index is 12.5. The highest BCUT2D eigenvalue weighted by Gasteiger charge is 2.53. The first-order valence-corrected chi connectivity index (χ1v) is 8.51. The maximum Gasteiger partial charge on any atom is 0.223 e. The number of rotatable bonds is 2. The van der Waals surface area contributed by atoms with E-state index in [0.717, 1.165) is 31.7 Å².